The number of hydrogen-bond donors (Lipinski definition) is 0. The average molecular weight is 517 g/mol. The van der Waals surface area contributed by atoms with Gasteiger partial charge in [0, 0.05) is 44.8 Å². The van der Waals surface area contributed by atoms with Crippen LogP contribution in [0.15, 0.2) is 67.3 Å². The van der Waals surface area contributed by atoms with E-state index < -0.39 is 0 Å². The Balaban J connectivity index is 1.45. The zero-order chi connectivity index (χ0) is 26.3. The number of anilines is 3. The Morgan fingerprint density at radius 3 is 2.11 bits per heavy atom. The predicted octanol–water partition coefficient (Wildman–Crippen LogP) is 2.66. The number of hydrazine groups is 1. The number of nitrogens with zero attached hydrogens (tertiary/aromatic N) is 8. The van der Waals surface area contributed by atoms with Crippen LogP contribution in [0.25, 0.3) is 0 Å². The first-order valence-corrected chi connectivity index (χ1v) is 12.9. The molecule has 2 aliphatic rings. The molecule has 11 nitrogen and oxygen atoms in total. The fraction of sp³-hybridized carbons (Fsp3) is 0.370. The Hall–Kier alpha value is -3.93. The molecule has 0 bridgehead atoms. The van der Waals surface area contributed by atoms with Gasteiger partial charge in [-0.05, 0) is 42.9 Å². The van der Waals surface area contributed by atoms with E-state index in [1.807, 2.05) is 52.4 Å². The molecule has 1 aromatic heterocycles. The summed E-state index contributed by atoms with van der Waals surface area (Å²) >= 11 is 0. The molecule has 0 atom stereocenters. The highest BCUT2D eigenvalue weighted by Gasteiger charge is 2.33. The molecule has 0 aliphatic carbocycles. The van der Waals surface area contributed by atoms with Gasteiger partial charge in [-0.1, -0.05) is 25.1 Å². The van der Waals surface area contributed by atoms with E-state index in [0.717, 1.165) is 19.6 Å². The highest BCUT2D eigenvalue weighted by Crippen LogP contribution is 2.29. The number of aromatic nitrogens is 3. The molecule has 0 N–H and O–H groups in total. The number of ether oxygens (including phenoxy) is 1. The van der Waals surface area contributed by atoms with Crippen LogP contribution in [0.5, 0.6) is 0 Å². The molecule has 0 spiro atoms. The first kappa shape index (κ1) is 25.7. The van der Waals surface area contributed by atoms with Crippen LogP contribution in [-0.2, 0) is 4.74 Å². The summed E-state index contributed by atoms with van der Waals surface area (Å²) in [6, 6.07) is 16.2. The number of carbonyl (C=O) groups excluding carboxylic acids is 2. The van der Waals surface area contributed by atoms with Gasteiger partial charge in [0.1, 0.15) is 12.7 Å². The lowest BCUT2D eigenvalue weighted by molar-refractivity contribution is 0.0357. The van der Waals surface area contributed by atoms with E-state index >= 15 is 0 Å². The van der Waals surface area contributed by atoms with Crippen LogP contribution in [0, 0.1) is 0 Å². The van der Waals surface area contributed by atoms with Gasteiger partial charge in [0.25, 0.3) is 11.9 Å². The molecule has 0 radical (unpaired) electrons. The van der Waals surface area contributed by atoms with Gasteiger partial charge in [0.05, 0.1) is 24.6 Å². The maximum Gasteiger partial charge on any atom is 0.351 e. The molecule has 2 fully saturated rings. The topological polar surface area (TPSA) is 98.2 Å². The van der Waals surface area contributed by atoms with Gasteiger partial charge < -0.3 is 14.5 Å². The summed E-state index contributed by atoms with van der Waals surface area (Å²) in [6.07, 6.45) is 2.74. The second kappa shape index (κ2) is 12.1. The zero-order valence-electron chi connectivity index (χ0n) is 21.5. The van der Waals surface area contributed by atoms with Gasteiger partial charge in [0.15, 0.2) is 0 Å². The van der Waals surface area contributed by atoms with Crippen LogP contribution >= 0.6 is 0 Å². The van der Waals surface area contributed by atoms with E-state index in [9.17, 15) is 9.59 Å². The Labute approximate surface area is 222 Å². The van der Waals surface area contributed by atoms with E-state index in [1.54, 1.807) is 17.0 Å². The second-order valence-electron chi connectivity index (χ2n) is 9.04. The minimum absolute atomic E-state index is 0.00465. The fourth-order valence-electron chi connectivity index (χ4n) is 4.67. The average Bonchev–Trinajstić information content (AvgIpc) is 2.99. The number of rotatable bonds is 6. The van der Waals surface area contributed by atoms with Gasteiger partial charge in [0.2, 0.25) is 0 Å². The van der Waals surface area contributed by atoms with E-state index in [1.165, 1.54) is 17.7 Å². The minimum Gasteiger partial charge on any atom is -0.379 e. The molecular weight excluding hydrogens is 484 g/mol. The van der Waals surface area contributed by atoms with Gasteiger partial charge in [-0.15, -0.1) is 0 Å². The summed E-state index contributed by atoms with van der Waals surface area (Å²) in [5.41, 5.74) is 1.90. The van der Waals surface area contributed by atoms with Crippen molar-refractivity contribution < 1.29 is 14.3 Å². The molecule has 3 heterocycles. The molecule has 2 aliphatic heterocycles. The van der Waals surface area contributed by atoms with Crippen molar-refractivity contribution in [1.29, 1.82) is 0 Å². The van der Waals surface area contributed by atoms with Crippen molar-refractivity contribution in [1.82, 2.24) is 29.8 Å². The van der Waals surface area contributed by atoms with Crippen molar-refractivity contribution in [3.63, 3.8) is 0 Å². The molecule has 3 aromatic rings. The number of para-hydroxylation sites is 1. The van der Waals surface area contributed by atoms with Gasteiger partial charge >= 0.3 is 6.03 Å². The van der Waals surface area contributed by atoms with Crippen molar-refractivity contribution in [2.75, 3.05) is 68.9 Å². The van der Waals surface area contributed by atoms with Crippen molar-refractivity contribution in [2.45, 2.75) is 6.92 Å². The largest absolute Gasteiger partial charge is 0.379 e. The normalized spacial score (nSPS) is 16.7. The number of benzene rings is 2. The van der Waals surface area contributed by atoms with Crippen molar-refractivity contribution in [3.8, 4) is 0 Å². The lowest BCUT2D eigenvalue weighted by atomic mass is 10.1. The highest BCUT2D eigenvalue weighted by molar-refractivity contribution is 6.07. The predicted molar refractivity (Wildman–Crippen MR) is 143 cm³/mol. The summed E-state index contributed by atoms with van der Waals surface area (Å²) < 4.78 is 5.51. The third-order valence-corrected chi connectivity index (χ3v) is 6.81. The maximum atomic E-state index is 14.3. The first-order chi connectivity index (χ1) is 18.7. The Morgan fingerprint density at radius 1 is 0.842 bits per heavy atom. The minimum atomic E-state index is -0.348. The molecule has 0 unspecified atom stereocenters. The Kier molecular flexibility index (Phi) is 8.17. The third kappa shape index (κ3) is 5.64. The van der Waals surface area contributed by atoms with Gasteiger partial charge in [-0.2, -0.15) is 15.0 Å². The van der Waals surface area contributed by atoms with Crippen molar-refractivity contribution >= 4 is 29.3 Å². The number of urea groups is 1. The first-order valence-electron chi connectivity index (χ1n) is 12.9. The quantitative estimate of drug-likeness (QED) is 0.493. The molecule has 0 saturated carbocycles. The molecular formula is C27H32N8O3. The van der Waals surface area contributed by atoms with Crippen molar-refractivity contribution in [2.24, 2.45) is 0 Å². The summed E-state index contributed by atoms with van der Waals surface area (Å²) in [7, 11) is 0. The molecule has 2 aromatic carbocycles. The Bertz CT molecular complexity index is 1200. The standard InChI is InChI=1S/C27H32N8O3/c1-2-31-12-14-32(15-13-31)25(36)22-8-10-24(11-9-22)34(23-6-4-3-5-7-23)27(37)35(26-29-20-28-21-30-26)33-16-18-38-19-17-33/h3-11,20-21H,2,12-19H2,1H3. The molecule has 2 saturated heterocycles. The van der Waals surface area contributed by atoms with Crippen LogP contribution in [-0.4, -0.2) is 101 Å². The summed E-state index contributed by atoms with van der Waals surface area (Å²) in [5.74, 6) is 0.232. The fourth-order valence-corrected chi connectivity index (χ4v) is 4.67. The van der Waals surface area contributed by atoms with Crippen LogP contribution < -0.4 is 9.91 Å². The number of piperazine rings is 1. The number of hydrogen-bond acceptors (Lipinski definition) is 8. The monoisotopic (exact) mass is 516 g/mol. The number of likely N-dealkylation sites (N-methyl/N-ethyl adjacent to an activating group) is 1. The van der Waals surface area contributed by atoms with E-state index in [-0.39, 0.29) is 17.9 Å². The van der Waals surface area contributed by atoms with Crippen LogP contribution in [0.1, 0.15) is 17.3 Å². The van der Waals surface area contributed by atoms with E-state index in [2.05, 4.69) is 26.8 Å². The molecule has 3 amide bonds. The zero-order valence-corrected chi connectivity index (χ0v) is 21.5. The van der Waals surface area contributed by atoms with Crippen LogP contribution in [0.2, 0.25) is 0 Å². The van der Waals surface area contributed by atoms with Crippen LogP contribution in [0.3, 0.4) is 0 Å². The number of carbonyl (C=O) groups is 2. The van der Waals surface area contributed by atoms with E-state index in [4.69, 9.17) is 4.74 Å². The summed E-state index contributed by atoms with van der Waals surface area (Å²) in [6.45, 7) is 8.32. The second-order valence-corrected chi connectivity index (χ2v) is 9.04. The van der Waals surface area contributed by atoms with Crippen molar-refractivity contribution in [3.05, 3.63) is 72.8 Å². The lowest BCUT2D eigenvalue weighted by Gasteiger charge is -2.38. The SMILES string of the molecule is CCN1CCN(C(=O)c2ccc(N(C(=O)N(c3ncncn3)N3CCOCC3)c3ccccc3)cc2)CC1. The third-order valence-electron chi connectivity index (χ3n) is 6.81. The number of morpholine rings is 1. The summed E-state index contributed by atoms with van der Waals surface area (Å²) in [5, 5.41) is 3.36. The van der Waals surface area contributed by atoms with Gasteiger partial charge in [-0.3, -0.25) is 9.69 Å². The van der Waals surface area contributed by atoms with Gasteiger partial charge in [-0.25, -0.2) is 14.8 Å². The molecule has 11 heteroatoms. The lowest BCUT2D eigenvalue weighted by Crippen LogP contribution is -2.56. The van der Waals surface area contributed by atoms with E-state index in [0.29, 0.717) is 56.3 Å². The maximum absolute atomic E-state index is 14.3. The molecule has 5 rings (SSSR count). The van der Waals surface area contributed by atoms with Crippen LogP contribution in [0.4, 0.5) is 22.1 Å². The Morgan fingerprint density at radius 2 is 1.47 bits per heavy atom. The molecule has 38 heavy (non-hydrogen) atoms. The molecule has 198 valence electrons. The highest BCUT2D eigenvalue weighted by atomic mass is 16.5. The smallest absolute Gasteiger partial charge is 0.351 e. The summed E-state index contributed by atoms with van der Waals surface area (Å²) in [4.78, 5) is 45.7. The number of amides is 3.